The first-order chi connectivity index (χ1) is 6.03. The molecular weight excluding hydrogens is 188 g/mol. The molecule has 72 valence electrons. The van der Waals surface area contributed by atoms with Crippen molar-refractivity contribution in [2.45, 2.75) is 32.7 Å². The molecule has 0 bridgehead atoms. The number of anilines is 1. The summed E-state index contributed by atoms with van der Waals surface area (Å²) in [5.74, 6) is 0.659. The summed E-state index contributed by atoms with van der Waals surface area (Å²) in [6.45, 7) is 6.27. The zero-order chi connectivity index (χ0) is 9.90. The van der Waals surface area contributed by atoms with E-state index in [2.05, 4.69) is 41.3 Å². The average molecular weight is 201 g/mol. The lowest BCUT2D eigenvalue weighted by Crippen LogP contribution is -2.30. The van der Waals surface area contributed by atoms with Crippen LogP contribution in [0.1, 0.15) is 27.2 Å². The lowest BCUT2D eigenvalue weighted by molar-refractivity contribution is 0.544. The second-order valence-electron chi connectivity index (χ2n) is 3.47. The van der Waals surface area contributed by atoms with Crippen LogP contribution in [0.4, 0.5) is 5.82 Å². The van der Waals surface area contributed by atoms with Gasteiger partial charge in [0.05, 0.1) is 6.20 Å². The molecule has 0 aliphatic heterocycles. The third-order valence-electron chi connectivity index (χ3n) is 1.88. The number of nitrogens with one attached hydrogen (secondary N) is 1. The Morgan fingerprint density at radius 2 is 2.23 bits per heavy atom. The molecule has 0 radical (unpaired) electrons. The van der Waals surface area contributed by atoms with E-state index in [0.717, 1.165) is 6.42 Å². The zero-order valence-electron chi connectivity index (χ0n) is 8.00. The van der Waals surface area contributed by atoms with Gasteiger partial charge in [0.15, 0.2) is 0 Å². The van der Waals surface area contributed by atoms with E-state index in [1.165, 1.54) is 0 Å². The van der Waals surface area contributed by atoms with Gasteiger partial charge in [0.1, 0.15) is 5.82 Å². The topological polar surface area (TPSA) is 50.7 Å². The summed E-state index contributed by atoms with van der Waals surface area (Å²) >= 11 is 5.59. The quantitative estimate of drug-likeness (QED) is 0.812. The largest absolute Gasteiger partial charge is 0.364 e. The molecule has 0 amide bonds. The third kappa shape index (κ3) is 3.14. The van der Waals surface area contributed by atoms with Crippen LogP contribution in [-0.2, 0) is 0 Å². The molecule has 0 saturated carbocycles. The molecule has 0 spiro atoms. The first-order valence-electron chi connectivity index (χ1n) is 4.17. The summed E-state index contributed by atoms with van der Waals surface area (Å²) in [6, 6.07) is 0. The molecule has 0 aliphatic carbocycles. The number of nitrogens with zero attached hydrogens (tertiary/aromatic N) is 3. The number of halogens is 1. The predicted octanol–water partition coefficient (Wildman–Crippen LogP) is 2.13. The Morgan fingerprint density at radius 3 is 2.77 bits per heavy atom. The highest BCUT2D eigenvalue weighted by Crippen LogP contribution is 2.15. The van der Waals surface area contributed by atoms with Crippen LogP contribution in [0.5, 0.6) is 0 Å². The Bertz CT molecular complexity index is 287. The Hall–Kier alpha value is -0.900. The van der Waals surface area contributed by atoms with E-state index in [4.69, 9.17) is 11.6 Å². The van der Waals surface area contributed by atoms with Gasteiger partial charge in [-0.25, -0.2) is 0 Å². The van der Waals surface area contributed by atoms with Crippen molar-refractivity contribution in [2.24, 2.45) is 0 Å². The van der Waals surface area contributed by atoms with E-state index in [-0.39, 0.29) is 10.8 Å². The zero-order valence-corrected chi connectivity index (χ0v) is 8.76. The van der Waals surface area contributed by atoms with Gasteiger partial charge < -0.3 is 5.32 Å². The maximum Gasteiger partial charge on any atom is 0.244 e. The second kappa shape index (κ2) is 3.87. The minimum absolute atomic E-state index is 0.000633. The lowest BCUT2D eigenvalue weighted by atomic mass is 10.0. The number of hydrogen-bond acceptors (Lipinski definition) is 4. The highest BCUT2D eigenvalue weighted by atomic mass is 35.5. The first kappa shape index (κ1) is 10.2. The van der Waals surface area contributed by atoms with Crippen molar-refractivity contribution in [1.29, 1.82) is 0 Å². The van der Waals surface area contributed by atoms with Gasteiger partial charge >= 0.3 is 0 Å². The molecule has 1 aromatic heterocycles. The molecule has 0 atom stereocenters. The first-order valence-corrected chi connectivity index (χ1v) is 4.55. The summed E-state index contributed by atoms with van der Waals surface area (Å²) in [6.07, 6.45) is 2.55. The molecule has 0 fully saturated rings. The van der Waals surface area contributed by atoms with Crippen LogP contribution in [-0.4, -0.2) is 20.7 Å². The van der Waals surface area contributed by atoms with Gasteiger partial charge in [-0.3, -0.25) is 0 Å². The maximum absolute atomic E-state index is 5.59. The van der Waals surface area contributed by atoms with Crippen LogP contribution in [0.25, 0.3) is 0 Å². The molecule has 1 N–H and O–H groups in total. The number of aromatic nitrogens is 3. The van der Waals surface area contributed by atoms with E-state index >= 15 is 0 Å². The van der Waals surface area contributed by atoms with Gasteiger partial charge in [-0.05, 0) is 31.9 Å². The normalized spacial score (nSPS) is 11.4. The van der Waals surface area contributed by atoms with E-state index in [0.29, 0.717) is 5.82 Å². The second-order valence-corrected chi connectivity index (χ2v) is 3.81. The summed E-state index contributed by atoms with van der Waals surface area (Å²) in [4.78, 5) is 3.99. The van der Waals surface area contributed by atoms with Gasteiger partial charge in [0.2, 0.25) is 5.28 Å². The highest BCUT2D eigenvalue weighted by Gasteiger charge is 2.15. The Balaban J connectivity index is 2.74. The van der Waals surface area contributed by atoms with E-state index in [1.54, 1.807) is 6.20 Å². The molecule has 1 aromatic rings. The molecule has 1 rings (SSSR count). The lowest BCUT2D eigenvalue weighted by Gasteiger charge is -2.24. The smallest absolute Gasteiger partial charge is 0.244 e. The van der Waals surface area contributed by atoms with Crippen LogP contribution in [0, 0.1) is 0 Å². The fraction of sp³-hybridized carbons (Fsp3) is 0.625. The van der Waals surface area contributed by atoms with Crippen molar-refractivity contribution >= 4 is 17.4 Å². The van der Waals surface area contributed by atoms with Gasteiger partial charge in [0.25, 0.3) is 0 Å². The van der Waals surface area contributed by atoms with Crippen molar-refractivity contribution < 1.29 is 0 Å². The highest BCUT2D eigenvalue weighted by molar-refractivity contribution is 6.28. The number of rotatable bonds is 3. The van der Waals surface area contributed by atoms with E-state index < -0.39 is 0 Å². The van der Waals surface area contributed by atoms with Crippen molar-refractivity contribution in [3.8, 4) is 0 Å². The minimum Gasteiger partial charge on any atom is -0.364 e. The summed E-state index contributed by atoms with van der Waals surface area (Å²) in [5.41, 5.74) is -0.000633. The maximum atomic E-state index is 5.59. The summed E-state index contributed by atoms with van der Waals surface area (Å²) in [5, 5.41) is 10.6. The van der Waals surface area contributed by atoms with Crippen LogP contribution >= 0.6 is 11.6 Å². The van der Waals surface area contributed by atoms with Gasteiger partial charge in [0, 0.05) is 5.54 Å². The van der Waals surface area contributed by atoms with Crippen LogP contribution in [0.3, 0.4) is 0 Å². The van der Waals surface area contributed by atoms with Crippen LogP contribution in [0.15, 0.2) is 6.20 Å². The minimum atomic E-state index is -0.000633. The van der Waals surface area contributed by atoms with Gasteiger partial charge in [-0.15, -0.1) is 5.10 Å². The molecule has 13 heavy (non-hydrogen) atoms. The molecule has 0 saturated heterocycles. The Labute approximate surface area is 82.7 Å². The number of hydrogen-bond donors (Lipinski definition) is 1. The molecular formula is C8H13ClN4. The Morgan fingerprint density at radius 1 is 1.54 bits per heavy atom. The summed E-state index contributed by atoms with van der Waals surface area (Å²) in [7, 11) is 0. The molecule has 5 heteroatoms. The van der Waals surface area contributed by atoms with Crippen molar-refractivity contribution in [1.82, 2.24) is 15.2 Å². The predicted molar refractivity (Wildman–Crippen MR) is 52.8 cm³/mol. The fourth-order valence-corrected chi connectivity index (χ4v) is 0.912. The van der Waals surface area contributed by atoms with E-state index in [1.807, 2.05) is 0 Å². The third-order valence-corrected chi connectivity index (χ3v) is 2.04. The Kier molecular flexibility index (Phi) is 3.03. The molecule has 0 unspecified atom stereocenters. The fourth-order valence-electron chi connectivity index (χ4n) is 0.777. The van der Waals surface area contributed by atoms with Crippen molar-refractivity contribution in [3.63, 3.8) is 0 Å². The van der Waals surface area contributed by atoms with Crippen molar-refractivity contribution in [2.75, 3.05) is 5.32 Å². The standard InChI is InChI=1S/C8H13ClN4/c1-4-8(2,3)12-6-5-10-13-7(9)11-6/h5H,4H2,1-3H3,(H,11,12,13). The monoisotopic (exact) mass is 200 g/mol. The SMILES string of the molecule is CCC(C)(C)Nc1cnnc(Cl)n1. The van der Waals surface area contributed by atoms with Crippen LogP contribution < -0.4 is 5.32 Å². The van der Waals surface area contributed by atoms with Gasteiger partial charge in [-0.1, -0.05) is 6.92 Å². The van der Waals surface area contributed by atoms with Crippen LogP contribution in [0.2, 0.25) is 5.28 Å². The van der Waals surface area contributed by atoms with E-state index in [9.17, 15) is 0 Å². The summed E-state index contributed by atoms with van der Waals surface area (Å²) < 4.78 is 0. The molecule has 0 aliphatic rings. The van der Waals surface area contributed by atoms with Gasteiger partial charge in [-0.2, -0.15) is 10.1 Å². The average Bonchev–Trinajstić information content (AvgIpc) is 2.03. The molecule has 0 aromatic carbocycles. The molecule has 4 nitrogen and oxygen atoms in total. The van der Waals surface area contributed by atoms with Crippen molar-refractivity contribution in [3.05, 3.63) is 11.5 Å². The molecule has 1 heterocycles.